The minimum atomic E-state index is -3.85. The Hall–Kier alpha value is -2.98. The van der Waals surface area contributed by atoms with E-state index in [4.69, 9.17) is 4.74 Å². The first-order valence-corrected chi connectivity index (χ1v) is 12.1. The van der Waals surface area contributed by atoms with Gasteiger partial charge in [0.25, 0.3) is 10.0 Å². The summed E-state index contributed by atoms with van der Waals surface area (Å²) in [6.45, 7) is 8.01. The average molecular weight is 455 g/mol. The van der Waals surface area contributed by atoms with E-state index < -0.39 is 27.8 Å². The highest BCUT2D eigenvalue weighted by molar-refractivity contribution is 7.89. The van der Waals surface area contributed by atoms with Crippen LogP contribution >= 0.6 is 0 Å². The van der Waals surface area contributed by atoms with Crippen LogP contribution in [0.3, 0.4) is 0 Å². The fourth-order valence-electron chi connectivity index (χ4n) is 3.37. The lowest BCUT2D eigenvalue weighted by atomic mass is 10.2. The van der Waals surface area contributed by atoms with Crippen molar-refractivity contribution in [2.45, 2.75) is 63.6 Å². The minimum absolute atomic E-state index is 0.114. The van der Waals surface area contributed by atoms with Crippen LogP contribution in [0.1, 0.15) is 44.7 Å². The molecule has 1 atom stereocenters. The molecular weight excluding hydrogens is 424 g/mol. The molecule has 0 unspecified atom stereocenters. The summed E-state index contributed by atoms with van der Waals surface area (Å²) in [7, 11) is -3.85. The molecule has 0 spiro atoms. The number of carbonyl (C=O) groups excluding carboxylic acids is 1. The molecule has 1 aliphatic heterocycles. The molecule has 3 rings (SSSR count). The molecule has 1 saturated heterocycles. The lowest BCUT2D eigenvalue weighted by Crippen LogP contribution is -2.39. The molecule has 170 valence electrons. The van der Waals surface area contributed by atoms with Gasteiger partial charge in [-0.25, -0.2) is 17.5 Å². The van der Waals surface area contributed by atoms with Crippen LogP contribution in [0.2, 0.25) is 0 Å². The van der Waals surface area contributed by atoms with E-state index in [0.29, 0.717) is 13.0 Å². The molecule has 32 heavy (non-hydrogen) atoms. The quantitative estimate of drug-likeness (QED) is 0.502. The summed E-state index contributed by atoms with van der Waals surface area (Å²) in [5.74, 6) is 3.03. The van der Waals surface area contributed by atoms with E-state index in [1.807, 2.05) is 58.0 Å². The largest absolute Gasteiger partial charge is 0.444 e. The second kappa shape index (κ2) is 9.66. The van der Waals surface area contributed by atoms with Crippen LogP contribution in [0.5, 0.6) is 0 Å². The molecule has 0 N–H and O–H groups in total. The number of hydrogen-bond donors (Lipinski definition) is 0. The highest BCUT2D eigenvalue weighted by Gasteiger charge is 2.31. The predicted octanol–water partition coefficient (Wildman–Crippen LogP) is 4.55. The van der Waals surface area contributed by atoms with E-state index >= 15 is 0 Å². The van der Waals surface area contributed by atoms with Crippen molar-refractivity contribution in [3.05, 3.63) is 65.7 Å². The highest BCUT2D eigenvalue weighted by Crippen LogP contribution is 2.22. The van der Waals surface area contributed by atoms with Gasteiger partial charge in [0.1, 0.15) is 5.60 Å². The van der Waals surface area contributed by atoms with E-state index in [0.717, 1.165) is 17.5 Å². The maximum atomic E-state index is 13.4. The van der Waals surface area contributed by atoms with Crippen LogP contribution in [-0.2, 0) is 21.3 Å². The molecule has 1 fully saturated rings. The van der Waals surface area contributed by atoms with Gasteiger partial charge in [-0.15, -0.1) is 0 Å². The molecule has 2 aromatic rings. The highest BCUT2D eigenvalue weighted by atomic mass is 32.2. The zero-order valence-electron chi connectivity index (χ0n) is 19.0. The standard InChI is InChI=1S/C25H30N2O4S/c1-20-12-14-23(15-13-20)32(29,30)26(19-21-9-6-5-7-10-21)18-16-22-11-8-17-27(22)24(28)31-25(2,3)4/h5-7,9-10,12-15,22H,8,11,17,19H2,1-4H3/t22-/m0/s1. The summed E-state index contributed by atoms with van der Waals surface area (Å²) in [4.78, 5) is 14.3. The molecule has 0 bridgehead atoms. The average Bonchev–Trinajstić information content (AvgIpc) is 3.19. The molecule has 1 amide bonds. The zero-order chi connectivity index (χ0) is 23.4. The van der Waals surface area contributed by atoms with Gasteiger partial charge < -0.3 is 4.74 Å². The lowest BCUT2D eigenvalue weighted by molar-refractivity contribution is 0.0261. The predicted molar refractivity (Wildman–Crippen MR) is 124 cm³/mol. The van der Waals surface area contributed by atoms with E-state index in [1.165, 1.54) is 4.31 Å². The van der Waals surface area contributed by atoms with Gasteiger partial charge in [-0.1, -0.05) is 53.9 Å². The number of sulfonamides is 1. The van der Waals surface area contributed by atoms with Gasteiger partial charge in [-0.05, 0) is 58.2 Å². The SMILES string of the molecule is Cc1ccc(S(=O)(=O)N(C#C[C@@H]2CCCN2C(=O)OC(C)(C)C)Cc2ccccc2)cc1. The van der Waals surface area contributed by atoms with Crippen LogP contribution in [0, 0.1) is 18.9 Å². The third-order valence-corrected chi connectivity index (χ3v) is 6.68. The van der Waals surface area contributed by atoms with Gasteiger partial charge in [-0.2, -0.15) is 0 Å². The molecule has 7 heteroatoms. The van der Waals surface area contributed by atoms with Gasteiger partial charge in [0, 0.05) is 12.6 Å². The molecule has 0 aliphatic carbocycles. The summed E-state index contributed by atoms with van der Waals surface area (Å²) in [6, 6.07) is 18.5. The molecular formula is C25H30N2O4S. The third kappa shape index (κ3) is 6.04. The molecule has 0 radical (unpaired) electrons. The number of ether oxygens (including phenoxy) is 1. The molecule has 1 aliphatic rings. The van der Waals surface area contributed by atoms with Crippen molar-refractivity contribution >= 4 is 16.1 Å². The summed E-state index contributed by atoms with van der Waals surface area (Å²) in [5, 5.41) is 0. The van der Waals surface area contributed by atoms with E-state index in [1.54, 1.807) is 29.2 Å². The van der Waals surface area contributed by atoms with Crippen molar-refractivity contribution in [3.8, 4) is 12.0 Å². The Labute approximate surface area is 191 Å². The number of likely N-dealkylation sites (tertiary alicyclic amines) is 1. The smallest absolute Gasteiger partial charge is 0.411 e. The number of hydrogen-bond acceptors (Lipinski definition) is 4. The van der Waals surface area contributed by atoms with Crippen molar-refractivity contribution in [2.24, 2.45) is 0 Å². The van der Waals surface area contributed by atoms with Crippen molar-refractivity contribution in [3.63, 3.8) is 0 Å². The van der Waals surface area contributed by atoms with Gasteiger partial charge in [0.15, 0.2) is 0 Å². The first-order valence-electron chi connectivity index (χ1n) is 10.7. The summed E-state index contributed by atoms with van der Waals surface area (Å²) >= 11 is 0. The number of rotatable bonds is 4. The molecule has 2 aromatic carbocycles. The summed E-state index contributed by atoms with van der Waals surface area (Å²) in [5.41, 5.74) is 1.20. The fourth-order valence-corrected chi connectivity index (χ4v) is 4.60. The zero-order valence-corrected chi connectivity index (χ0v) is 19.9. The van der Waals surface area contributed by atoms with Crippen molar-refractivity contribution < 1.29 is 17.9 Å². The Balaban J connectivity index is 1.90. The third-order valence-electron chi connectivity index (χ3n) is 5.01. The van der Waals surface area contributed by atoms with Crippen LogP contribution in [0.15, 0.2) is 59.5 Å². The Morgan fingerprint density at radius 1 is 1.12 bits per heavy atom. The van der Waals surface area contributed by atoms with Crippen molar-refractivity contribution in [2.75, 3.05) is 6.54 Å². The van der Waals surface area contributed by atoms with Crippen LogP contribution < -0.4 is 0 Å². The Morgan fingerprint density at radius 3 is 2.41 bits per heavy atom. The van der Waals surface area contributed by atoms with Gasteiger partial charge in [-0.3, -0.25) is 4.90 Å². The number of carbonyl (C=O) groups is 1. The number of benzene rings is 2. The molecule has 1 heterocycles. The lowest BCUT2D eigenvalue weighted by Gasteiger charge is -2.26. The summed E-state index contributed by atoms with van der Waals surface area (Å²) < 4.78 is 33.4. The van der Waals surface area contributed by atoms with Crippen LogP contribution in [0.4, 0.5) is 4.79 Å². The first kappa shape index (κ1) is 23.7. The van der Waals surface area contributed by atoms with Crippen LogP contribution in [-0.4, -0.2) is 41.9 Å². The maximum Gasteiger partial charge on any atom is 0.411 e. The molecule has 0 saturated carbocycles. The minimum Gasteiger partial charge on any atom is -0.444 e. The first-order chi connectivity index (χ1) is 15.1. The van der Waals surface area contributed by atoms with E-state index in [2.05, 4.69) is 12.0 Å². The van der Waals surface area contributed by atoms with E-state index in [-0.39, 0.29) is 11.4 Å². The van der Waals surface area contributed by atoms with Gasteiger partial charge in [0.05, 0.1) is 17.5 Å². The molecule has 6 nitrogen and oxygen atoms in total. The fraction of sp³-hybridized carbons (Fsp3) is 0.400. The Morgan fingerprint density at radius 2 is 1.78 bits per heavy atom. The maximum absolute atomic E-state index is 13.4. The number of nitrogens with zero attached hydrogens (tertiary/aromatic N) is 2. The van der Waals surface area contributed by atoms with Crippen LogP contribution in [0.25, 0.3) is 0 Å². The van der Waals surface area contributed by atoms with Gasteiger partial charge >= 0.3 is 6.09 Å². The monoisotopic (exact) mass is 454 g/mol. The van der Waals surface area contributed by atoms with E-state index in [9.17, 15) is 13.2 Å². The molecule has 0 aromatic heterocycles. The normalized spacial score (nSPS) is 16.2. The van der Waals surface area contributed by atoms with Gasteiger partial charge in [0.2, 0.25) is 0 Å². The Bertz CT molecular complexity index is 1090. The number of amides is 1. The summed E-state index contributed by atoms with van der Waals surface area (Å²) in [6.07, 6.45) is 1.04. The number of aryl methyl sites for hydroxylation is 1. The topological polar surface area (TPSA) is 66.9 Å². The van der Waals surface area contributed by atoms with Crippen molar-refractivity contribution in [1.29, 1.82) is 0 Å². The van der Waals surface area contributed by atoms with Crippen molar-refractivity contribution in [1.82, 2.24) is 9.21 Å². The second-order valence-electron chi connectivity index (χ2n) is 8.90. The second-order valence-corrected chi connectivity index (χ2v) is 10.8. The Kier molecular flexibility index (Phi) is 7.15.